The van der Waals surface area contributed by atoms with Crippen molar-refractivity contribution >= 4 is 27.5 Å². The number of piperazine rings is 1. The van der Waals surface area contributed by atoms with E-state index in [-0.39, 0.29) is 0 Å². The minimum Gasteiger partial charge on any atom is -0.493 e. The van der Waals surface area contributed by atoms with Crippen LogP contribution in [0.5, 0.6) is 11.5 Å². The van der Waals surface area contributed by atoms with E-state index < -0.39 is 0 Å². The highest BCUT2D eigenvalue weighted by molar-refractivity contribution is 5.94. The van der Waals surface area contributed by atoms with Crippen molar-refractivity contribution in [1.82, 2.24) is 19.8 Å². The molecule has 1 fully saturated rings. The number of ether oxygens (including phenoxy) is 2. The fourth-order valence-electron chi connectivity index (χ4n) is 5.14. The van der Waals surface area contributed by atoms with Gasteiger partial charge in [0.2, 0.25) is 0 Å². The molecule has 4 aromatic rings. The number of fused-ring (bicyclic) bond motifs is 2. The molecule has 2 heterocycles. The van der Waals surface area contributed by atoms with Crippen LogP contribution in [0.1, 0.15) is 25.7 Å². The lowest BCUT2D eigenvalue weighted by Gasteiger charge is -2.32. The molecule has 1 aromatic heterocycles. The molecule has 0 aliphatic carbocycles. The predicted molar refractivity (Wildman–Crippen MR) is 156 cm³/mol. The topological polar surface area (TPSA) is 62.8 Å². The zero-order valence-electron chi connectivity index (χ0n) is 22.9. The van der Waals surface area contributed by atoms with Crippen LogP contribution in [0.15, 0.2) is 54.6 Å². The first-order valence-electron chi connectivity index (χ1n) is 13.7. The molecule has 0 bridgehead atoms. The molecule has 200 valence electrons. The van der Waals surface area contributed by atoms with Crippen molar-refractivity contribution in [3.05, 3.63) is 54.6 Å². The van der Waals surface area contributed by atoms with Crippen LogP contribution in [-0.2, 0) is 0 Å². The number of likely N-dealkylation sites (N-methyl/N-ethyl adjacent to an activating group) is 1. The summed E-state index contributed by atoms with van der Waals surface area (Å²) >= 11 is 0. The summed E-state index contributed by atoms with van der Waals surface area (Å²) in [6, 6.07) is 18.6. The maximum Gasteiger partial charge on any atom is 0.162 e. The summed E-state index contributed by atoms with van der Waals surface area (Å²) in [6.07, 6.45) is 4.83. The highest BCUT2D eigenvalue weighted by atomic mass is 16.5. The number of methoxy groups -OCH3 is 2. The van der Waals surface area contributed by atoms with Crippen LogP contribution >= 0.6 is 0 Å². The molecule has 0 saturated carbocycles. The molecule has 38 heavy (non-hydrogen) atoms. The monoisotopic (exact) mass is 513 g/mol. The summed E-state index contributed by atoms with van der Waals surface area (Å²) in [4.78, 5) is 14.9. The zero-order valence-corrected chi connectivity index (χ0v) is 22.9. The predicted octanol–water partition coefficient (Wildman–Crippen LogP) is 5.69. The lowest BCUT2D eigenvalue weighted by molar-refractivity contribution is 0.152. The molecule has 7 heteroatoms. The molecule has 0 atom stereocenters. The number of hydrogen-bond acceptors (Lipinski definition) is 7. The SMILES string of the molecule is COc1cc2nc(-c3ccc4ccccc4c3)nc(NCCCCCCN3CCN(C)CC3)c2cc1OC. The first kappa shape index (κ1) is 26.2. The molecule has 7 nitrogen and oxygen atoms in total. The van der Waals surface area contributed by atoms with E-state index in [9.17, 15) is 0 Å². The first-order valence-corrected chi connectivity index (χ1v) is 13.7. The normalized spacial score (nSPS) is 14.7. The van der Waals surface area contributed by atoms with Crippen molar-refractivity contribution in [2.45, 2.75) is 25.7 Å². The van der Waals surface area contributed by atoms with Gasteiger partial charge in [0.05, 0.1) is 19.7 Å². The molecule has 0 radical (unpaired) electrons. The summed E-state index contributed by atoms with van der Waals surface area (Å²) in [5.41, 5.74) is 1.82. The van der Waals surface area contributed by atoms with Crippen molar-refractivity contribution < 1.29 is 9.47 Å². The Morgan fingerprint density at radius 3 is 2.32 bits per heavy atom. The van der Waals surface area contributed by atoms with E-state index in [0.717, 1.165) is 35.2 Å². The Kier molecular flexibility index (Phi) is 8.56. The average molecular weight is 514 g/mol. The van der Waals surface area contributed by atoms with Crippen molar-refractivity contribution in [2.75, 3.05) is 65.9 Å². The molecule has 3 aromatic carbocycles. The van der Waals surface area contributed by atoms with Gasteiger partial charge in [-0.05, 0) is 49.3 Å². The van der Waals surface area contributed by atoms with E-state index in [2.05, 4.69) is 64.6 Å². The third-order valence-corrected chi connectivity index (χ3v) is 7.50. The summed E-state index contributed by atoms with van der Waals surface area (Å²) in [6.45, 7) is 6.86. The highest BCUT2D eigenvalue weighted by Gasteiger charge is 2.15. The first-order chi connectivity index (χ1) is 18.6. The number of benzene rings is 3. The van der Waals surface area contributed by atoms with E-state index in [1.807, 2.05) is 12.1 Å². The number of anilines is 1. The van der Waals surface area contributed by atoms with Crippen LogP contribution in [0.2, 0.25) is 0 Å². The quantitative estimate of drug-likeness (QED) is 0.259. The van der Waals surface area contributed by atoms with E-state index in [1.165, 1.54) is 62.8 Å². The van der Waals surface area contributed by atoms with Crippen LogP contribution in [0, 0.1) is 0 Å². The van der Waals surface area contributed by atoms with Crippen LogP contribution in [0.3, 0.4) is 0 Å². The van der Waals surface area contributed by atoms with Gasteiger partial charge in [-0.3, -0.25) is 0 Å². The van der Waals surface area contributed by atoms with Crippen molar-refractivity contribution in [2.24, 2.45) is 0 Å². The third-order valence-electron chi connectivity index (χ3n) is 7.50. The Bertz CT molecular complexity index is 1370. The second-order valence-corrected chi connectivity index (χ2v) is 10.2. The second-order valence-electron chi connectivity index (χ2n) is 10.2. The summed E-state index contributed by atoms with van der Waals surface area (Å²) in [7, 11) is 5.52. The number of aromatic nitrogens is 2. The average Bonchev–Trinajstić information content (AvgIpc) is 2.96. The van der Waals surface area contributed by atoms with E-state index in [0.29, 0.717) is 17.3 Å². The van der Waals surface area contributed by atoms with Gasteiger partial charge >= 0.3 is 0 Å². The molecule has 5 rings (SSSR count). The minimum absolute atomic E-state index is 0.662. The fraction of sp³-hybridized carbons (Fsp3) is 0.419. The van der Waals surface area contributed by atoms with Crippen molar-refractivity contribution in [3.63, 3.8) is 0 Å². The highest BCUT2D eigenvalue weighted by Crippen LogP contribution is 2.35. The Morgan fingerprint density at radius 1 is 0.789 bits per heavy atom. The summed E-state index contributed by atoms with van der Waals surface area (Å²) < 4.78 is 11.1. The van der Waals surface area contributed by atoms with Crippen molar-refractivity contribution in [3.8, 4) is 22.9 Å². The number of nitrogens with one attached hydrogen (secondary N) is 1. The van der Waals surface area contributed by atoms with Crippen LogP contribution < -0.4 is 14.8 Å². The standard InChI is InChI=1S/C31H39N5O2/c1-35-16-18-36(19-17-35)15-9-5-4-8-14-32-31-26-21-28(37-2)29(38-3)22-27(26)33-30(34-31)25-13-12-23-10-6-7-11-24(23)20-25/h6-7,10-13,20-22H,4-5,8-9,14-19H2,1-3H3,(H,32,33,34). The van der Waals surface area contributed by atoms with Gasteiger partial charge in [-0.25, -0.2) is 9.97 Å². The lowest BCUT2D eigenvalue weighted by Crippen LogP contribution is -2.44. The van der Waals surface area contributed by atoms with Gasteiger partial charge in [0.1, 0.15) is 5.82 Å². The molecular formula is C31H39N5O2. The number of rotatable bonds is 11. The molecule has 0 amide bonds. The Labute approximate surface area is 225 Å². The number of nitrogens with zero attached hydrogens (tertiary/aromatic N) is 4. The molecular weight excluding hydrogens is 474 g/mol. The maximum atomic E-state index is 5.57. The molecule has 1 aliphatic heterocycles. The molecule has 1 saturated heterocycles. The van der Waals surface area contributed by atoms with Gasteiger partial charge in [0.25, 0.3) is 0 Å². The van der Waals surface area contributed by atoms with Gasteiger partial charge in [-0.2, -0.15) is 0 Å². The molecule has 0 unspecified atom stereocenters. The van der Waals surface area contributed by atoms with Gasteiger partial charge < -0.3 is 24.6 Å². The molecule has 1 aliphatic rings. The van der Waals surface area contributed by atoms with E-state index >= 15 is 0 Å². The third kappa shape index (κ3) is 6.17. The summed E-state index contributed by atoms with van der Waals surface area (Å²) in [5, 5.41) is 6.91. The second kappa shape index (κ2) is 12.4. The van der Waals surface area contributed by atoms with Crippen LogP contribution in [0.4, 0.5) is 5.82 Å². The lowest BCUT2D eigenvalue weighted by atomic mass is 10.1. The number of hydrogen-bond donors (Lipinski definition) is 1. The van der Waals surface area contributed by atoms with Gasteiger partial charge in [0.15, 0.2) is 17.3 Å². The van der Waals surface area contributed by atoms with E-state index in [1.54, 1.807) is 14.2 Å². The summed E-state index contributed by atoms with van der Waals surface area (Å²) in [5.74, 6) is 2.87. The Balaban J connectivity index is 1.29. The fourth-order valence-corrected chi connectivity index (χ4v) is 5.14. The van der Waals surface area contributed by atoms with Crippen LogP contribution in [0.25, 0.3) is 33.1 Å². The molecule has 1 N–H and O–H groups in total. The van der Waals surface area contributed by atoms with E-state index in [4.69, 9.17) is 19.4 Å². The molecule has 0 spiro atoms. The largest absolute Gasteiger partial charge is 0.493 e. The maximum absolute atomic E-state index is 5.57. The Hall–Kier alpha value is -3.42. The van der Waals surface area contributed by atoms with Crippen molar-refractivity contribution in [1.29, 1.82) is 0 Å². The zero-order chi connectivity index (χ0) is 26.3. The van der Waals surface area contributed by atoms with Gasteiger partial charge in [-0.15, -0.1) is 0 Å². The van der Waals surface area contributed by atoms with Gasteiger partial charge in [-0.1, -0.05) is 49.2 Å². The minimum atomic E-state index is 0.662. The van der Waals surface area contributed by atoms with Crippen LogP contribution in [-0.4, -0.2) is 80.3 Å². The smallest absolute Gasteiger partial charge is 0.162 e. The number of unbranched alkanes of at least 4 members (excludes halogenated alkanes) is 3. The Morgan fingerprint density at radius 2 is 1.53 bits per heavy atom. The van der Waals surface area contributed by atoms with Gasteiger partial charge in [0, 0.05) is 49.7 Å².